The van der Waals surface area contributed by atoms with Crippen LogP contribution in [0.2, 0.25) is 0 Å². The Kier molecular flexibility index (Phi) is 3.43. The Balaban J connectivity index is 2.13. The number of hydrogen-bond acceptors (Lipinski definition) is 2. The predicted molar refractivity (Wildman–Crippen MR) is 72.2 cm³/mol. The summed E-state index contributed by atoms with van der Waals surface area (Å²) in [6.07, 6.45) is 3.70. The first-order chi connectivity index (χ1) is 8.16. The minimum Gasteiger partial charge on any atom is -0.378 e. The molecule has 0 spiro atoms. The number of nitrogens with one attached hydrogen (secondary N) is 1. The Morgan fingerprint density at radius 2 is 1.94 bits per heavy atom. The lowest BCUT2D eigenvalue weighted by Gasteiger charge is -2.16. The number of hydrogen-bond donors (Lipinski definition) is 1. The van der Waals surface area contributed by atoms with E-state index in [0.29, 0.717) is 0 Å². The first-order valence-electron chi connectivity index (χ1n) is 5.90. The molecule has 17 heavy (non-hydrogen) atoms. The maximum atomic E-state index is 4.14. The average Bonchev–Trinajstić information content (AvgIpc) is 2.35. The van der Waals surface area contributed by atoms with Crippen LogP contribution in [-0.4, -0.2) is 4.98 Å². The van der Waals surface area contributed by atoms with E-state index in [-0.39, 0.29) is 6.04 Å². The number of aryl methyl sites for hydroxylation is 2. The second-order valence-electron chi connectivity index (χ2n) is 4.45. The molecule has 0 saturated carbocycles. The molecule has 0 radical (unpaired) electrons. The number of anilines is 1. The normalized spacial score (nSPS) is 12.2. The largest absolute Gasteiger partial charge is 0.378 e. The van der Waals surface area contributed by atoms with Gasteiger partial charge in [-0.1, -0.05) is 12.1 Å². The second-order valence-corrected chi connectivity index (χ2v) is 4.45. The van der Waals surface area contributed by atoms with E-state index in [4.69, 9.17) is 0 Å². The topological polar surface area (TPSA) is 24.9 Å². The highest BCUT2D eigenvalue weighted by atomic mass is 14.9. The van der Waals surface area contributed by atoms with E-state index in [0.717, 1.165) is 5.69 Å². The van der Waals surface area contributed by atoms with Crippen molar-refractivity contribution < 1.29 is 0 Å². The third-order valence-corrected chi connectivity index (χ3v) is 3.07. The number of rotatable bonds is 3. The van der Waals surface area contributed by atoms with Crippen molar-refractivity contribution in [3.05, 3.63) is 59.4 Å². The van der Waals surface area contributed by atoms with Gasteiger partial charge in [0.1, 0.15) is 0 Å². The zero-order valence-corrected chi connectivity index (χ0v) is 10.6. The minimum atomic E-state index is 0.269. The lowest BCUT2D eigenvalue weighted by Crippen LogP contribution is -2.06. The summed E-state index contributed by atoms with van der Waals surface area (Å²) in [5, 5.41) is 3.49. The van der Waals surface area contributed by atoms with Crippen LogP contribution in [0, 0.1) is 13.8 Å². The molecule has 0 fully saturated rings. The fourth-order valence-corrected chi connectivity index (χ4v) is 1.80. The Morgan fingerprint density at radius 1 is 1.12 bits per heavy atom. The lowest BCUT2D eigenvalue weighted by molar-refractivity contribution is 0.875. The molecule has 2 heteroatoms. The van der Waals surface area contributed by atoms with Gasteiger partial charge in [0.15, 0.2) is 0 Å². The summed E-state index contributed by atoms with van der Waals surface area (Å²) < 4.78 is 0. The fraction of sp³-hybridized carbons (Fsp3) is 0.267. The van der Waals surface area contributed by atoms with Crippen LogP contribution in [0.15, 0.2) is 42.7 Å². The van der Waals surface area contributed by atoms with E-state index in [2.05, 4.69) is 55.3 Å². The molecular formula is C15H18N2. The van der Waals surface area contributed by atoms with Crippen LogP contribution in [0.4, 0.5) is 5.69 Å². The third-order valence-electron chi connectivity index (χ3n) is 3.07. The van der Waals surface area contributed by atoms with E-state index in [1.807, 2.05) is 12.3 Å². The summed E-state index contributed by atoms with van der Waals surface area (Å²) in [6.45, 7) is 6.41. The molecule has 2 rings (SSSR count). The molecule has 1 aromatic heterocycles. The maximum absolute atomic E-state index is 4.14. The quantitative estimate of drug-likeness (QED) is 0.859. The molecule has 0 amide bonds. The summed E-state index contributed by atoms with van der Waals surface area (Å²) in [5.74, 6) is 0. The molecular weight excluding hydrogens is 208 g/mol. The van der Waals surface area contributed by atoms with Gasteiger partial charge in [-0.3, -0.25) is 4.98 Å². The number of benzene rings is 1. The van der Waals surface area contributed by atoms with Gasteiger partial charge in [-0.2, -0.15) is 0 Å². The Hall–Kier alpha value is -1.83. The monoisotopic (exact) mass is 226 g/mol. The van der Waals surface area contributed by atoms with Gasteiger partial charge < -0.3 is 5.32 Å². The zero-order chi connectivity index (χ0) is 12.3. The van der Waals surface area contributed by atoms with E-state index in [9.17, 15) is 0 Å². The third kappa shape index (κ3) is 2.84. The summed E-state index contributed by atoms with van der Waals surface area (Å²) in [4.78, 5) is 4.14. The van der Waals surface area contributed by atoms with Crippen molar-refractivity contribution in [1.82, 2.24) is 4.98 Å². The molecule has 1 heterocycles. The van der Waals surface area contributed by atoms with Crippen molar-refractivity contribution in [3.8, 4) is 0 Å². The Morgan fingerprint density at radius 3 is 2.59 bits per heavy atom. The van der Waals surface area contributed by atoms with E-state index in [1.165, 1.54) is 16.7 Å². The first kappa shape index (κ1) is 11.6. The van der Waals surface area contributed by atoms with Gasteiger partial charge in [0.2, 0.25) is 0 Å². The van der Waals surface area contributed by atoms with Gasteiger partial charge in [0.25, 0.3) is 0 Å². The maximum Gasteiger partial charge on any atom is 0.0500 e. The van der Waals surface area contributed by atoms with E-state index < -0.39 is 0 Å². The molecule has 1 aromatic carbocycles. The van der Waals surface area contributed by atoms with Crippen LogP contribution in [0.1, 0.15) is 29.7 Å². The van der Waals surface area contributed by atoms with E-state index in [1.54, 1.807) is 6.20 Å². The lowest BCUT2D eigenvalue weighted by atomic mass is 10.1. The molecule has 0 saturated heterocycles. The highest BCUT2D eigenvalue weighted by Gasteiger charge is 2.05. The molecule has 2 nitrogen and oxygen atoms in total. The standard InChI is InChI=1S/C15H18N2/c1-11-6-7-15(9-12(11)2)17-13(3)14-5-4-8-16-10-14/h4-10,13,17H,1-3H3. The van der Waals surface area contributed by atoms with Gasteiger partial charge in [-0.05, 0) is 55.7 Å². The number of pyridine rings is 1. The molecule has 0 aliphatic rings. The van der Waals surface area contributed by atoms with Crippen molar-refractivity contribution in [2.75, 3.05) is 5.32 Å². The van der Waals surface area contributed by atoms with Crippen LogP contribution in [0.3, 0.4) is 0 Å². The average molecular weight is 226 g/mol. The Labute approximate surface area is 103 Å². The second kappa shape index (κ2) is 5.00. The number of aromatic nitrogens is 1. The molecule has 88 valence electrons. The van der Waals surface area contributed by atoms with Gasteiger partial charge in [-0.25, -0.2) is 0 Å². The summed E-state index contributed by atoms with van der Waals surface area (Å²) in [7, 11) is 0. The molecule has 0 aliphatic carbocycles. The van der Waals surface area contributed by atoms with E-state index >= 15 is 0 Å². The highest BCUT2D eigenvalue weighted by molar-refractivity contribution is 5.49. The Bertz CT molecular complexity index is 492. The molecule has 1 unspecified atom stereocenters. The summed E-state index contributed by atoms with van der Waals surface area (Å²) >= 11 is 0. The molecule has 0 bridgehead atoms. The van der Waals surface area contributed by atoms with Gasteiger partial charge in [-0.15, -0.1) is 0 Å². The van der Waals surface area contributed by atoms with Crippen LogP contribution in [0.5, 0.6) is 0 Å². The van der Waals surface area contributed by atoms with Crippen molar-refractivity contribution in [2.45, 2.75) is 26.8 Å². The predicted octanol–water partition coefficient (Wildman–Crippen LogP) is 3.87. The highest BCUT2D eigenvalue weighted by Crippen LogP contribution is 2.20. The molecule has 0 aliphatic heterocycles. The number of nitrogens with zero attached hydrogens (tertiary/aromatic N) is 1. The van der Waals surface area contributed by atoms with Crippen molar-refractivity contribution in [1.29, 1.82) is 0 Å². The zero-order valence-electron chi connectivity index (χ0n) is 10.6. The molecule has 2 aromatic rings. The van der Waals surface area contributed by atoms with Gasteiger partial charge in [0.05, 0.1) is 6.04 Å². The van der Waals surface area contributed by atoms with Gasteiger partial charge >= 0.3 is 0 Å². The SMILES string of the molecule is Cc1ccc(NC(C)c2cccnc2)cc1C. The molecule has 1 atom stereocenters. The van der Waals surface area contributed by atoms with Crippen molar-refractivity contribution in [2.24, 2.45) is 0 Å². The summed E-state index contributed by atoms with van der Waals surface area (Å²) in [6, 6.07) is 10.8. The van der Waals surface area contributed by atoms with Crippen LogP contribution in [-0.2, 0) is 0 Å². The van der Waals surface area contributed by atoms with Crippen molar-refractivity contribution in [3.63, 3.8) is 0 Å². The summed E-state index contributed by atoms with van der Waals surface area (Å²) in [5.41, 5.74) is 4.99. The first-order valence-corrected chi connectivity index (χ1v) is 5.90. The fourth-order valence-electron chi connectivity index (χ4n) is 1.80. The van der Waals surface area contributed by atoms with Gasteiger partial charge in [0, 0.05) is 18.1 Å². The van der Waals surface area contributed by atoms with Crippen molar-refractivity contribution >= 4 is 5.69 Å². The smallest absolute Gasteiger partial charge is 0.0500 e. The van der Waals surface area contributed by atoms with Crippen LogP contribution >= 0.6 is 0 Å². The molecule has 1 N–H and O–H groups in total. The van der Waals surface area contributed by atoms with Crippen LogP contribution < -0.4 is 5.32 Å². The minimum absolute atomic E-state index is 0.269. The van der Waals surface area contributed by atoms with Crippen LogP contribution in [0.25, 0.3) is 0 Å².